The summed E-state index contributed by atoms with van der Waals surface area (Å²) in [5.74, 6) is 1.67. The first-order chi connectivity index (χ1) is 17.5. The fourth-order valence-corrected chi connectivity index (χ4v) is 4.91. The quantitative estimate of drug-likeness (QED) is 0.406. The van der Waals surface area contributed by atoms with Crippen molar-refractivity contribution in [3.8, 4) is 5.75 Å². The molecule has 0 radical (unpaired) electrons. The van der Waals surface area contributed by atoms with Gasteiger partial charge in [0.05, 0.1) is 0 Å². The van der Waals surface area contributed by atoms with Crippen LogP contribution in [0.3, 0.4) is 0 Å². The van der Waals surface area contributed by atoms with Crippen LogP contribution in [-0.4, -0.2) is 74.3 Å². The molecule has 36 heavy (non-hydrogen) atoms. The highest BCUT2D eigenvalue weighted by Crippen LogP contribution is 2.32. The van der Waals surface area contributed by atoms with E-state index in [-0.39, 0.29) is 18.7 Å². The van der Waals surface area contributed by atoms with Gasteiger partial charge in [-0.15, -0.1) is 11.3 Å². The molecule has 1 amide bonds. The highest BCUT2D eigenvalue weighted by atomic mass is 32.1. The van der Waals surface area contributed by atoms with E-state index in [1.165, 1.54) is 0 Å². The number of carbonyl (C=O) groups excluding carboxylic acids is 1. The standard InChI is InChI=1S/C26H33FN6O2S/c1-4-28-26-29-18-21-24(30-26)32(3)14-15-33(25(21)34)19-7-5-8-20(17-19)35-22(23-9-6-16-36-23)10-12-31(2)13-11-27/h5-9,16-18,22H,4,10-15H2,1-3H3,(H,28,29,30). The van der Waals surface area contributed by atoms with Crippen LogP contribution in [0, 0.1) is 0 Å². The number of amides is 1. The van der Waals surface area contributed by atoms with Crippen molar-refractivity contribution < 1.29 is 13.9 Å². The molecular weight excluding hydrogens is 479 g/mol. The van der Waals surface area contributed by atoms with Gasteiger partial charge in [-0.3, -0.25) is 4.79 Å². The third-order valence-corrected chi connectivity index (χ3v) is 7.07. The van der Waals surface area contributed by atoms with Crippen LogP contribution < -0.4 is 19.9 Å². The summed E-state index contributed by atoms with van der Waals surface area (Å²) in [4.78, 5) is 29.2. The molecule has 8 nitrogen and oxygen atoms in total. The molecule has 0 saturated heterocycles. The lowest BCUT2D eigenvalue weighted by Crippen LogP contribution is -2.33. The number of carbonyl (C=O) groups is 1. The number of anilines is 3. The van der Waals surface area contributed by atoms with Crippen molar-refractivity contribution in [2.45, 2.75) is 19.4 Å². The van der Waals surface area contributed by atoms with Gasteiger partial charge in [0.15, 0.2) is 0 Å². The number of halogens is 1. The summed E-state index contributed by atoms with van der Waals surface area (Å²) >= 11 is 1.64. The van der Waals surface area contributed by atoms with E-state index in [0.29, 0.717) is 49.3 Å². The largest absolute Gasteiger partial charge is 0.485 e. The van der Waals surface area contributed by atoms with Gasteiger partial charge in [-0.2, -0.15) is 4.98 Å². The molecule has 1 aliphatic heterocycles. The Kier molecular flexibility index (Phi) is 8.71. The number of aromatic nitrogens is 2. The van der Waals surface area contributed by atoms with Crippen LogP contribution in [0.2, 0.25) is 0 Å². The van der Waals surface area contributed by atoms with E-state index in [0.717, 1.165) is 23.5 Å². The van der Waals surface area contributed by atoms with Crippen molar-refractivity contribution in [2.75, 3.05) is 68.6 Å². The molecule has 0 aliphatic carbocycles. The maximum atomic E-state index is 13.5. The Hall–Kier alpha value is -3.24. The molecule has 0 bridgehead atoms. The first-order valence-electron chi connectivity index (χ1n) is 12.2. The maximum Gasteiger partial charge on any atom is 0.263 e. The topological polar surface area (TPSA) is 73.8 Å². The van der Waals surface area contributed by atoms with Crippen LogP contribution in [-0.2, 0) is 0 Å². The SMILES string of the molecule is CCNc1ncc2c(n1)N(C)CCN(c1cccc(OC(CCN(C)CCF)c3cccs3)c1)C2=O. The van der Waals surface area contributed by atoms with Crippen molar-refractivity contribution in [1.29, 1.82) is 0 Å². The molecule has 1 N–H and O–H groups in total. The zero-order valence-corrected chi connectivity index (χ0v) is 21.8. The first kappa shape index (κ1) is 25.8. The molecule has 4 rings (SSSR count). The highest BCUT2D eigenvalue weighted by Gasteiger charge is 2.28. The number of likely N-dealkylation sites (N-methyl/N-ethyl adjacent to an activating group) is 1. The van der Waals surface area contributed by atoms with Gasteiger partial charge in [-0.05, 0) is 37.6 Å². The van der Waals surface area contributed by atoms with Crippen LogP contribution in [0.5, 0.6) is 5.75 Å². The molecular formula is C26H33FN6O2S. The van der Waals surface area contributed by atoms with Gasteiger partial charge in [-0.25, -0.2) is 9.37 Å². The molecule has 1 unspecified atom stereocenters. The zero-order chi connectivity index (χ0) is 25.5. The van der Waals surface area contributed by atoms with E-state index in [4.69, 9.17) is 4.74 Å². The van der Waals surface area contributed by atoms with E-state index < -0.39 is 0 Å². The molecule has 3 heterocycles. The second-order valence-electron chi connectivity index (χ2n) is 8.74. The molecule has 0 fully saturated rings. The number of nitrogens with zero attached hydrogens (tertiary/aromatic N) is 5. The molecule has 1 aliphatic rings. The molecule has 10 heteroatoms. The van der Waals surface area contributed by atoms with Crippen molar-refractivity contribution >= 4 is 34.7 Å². The second-order valence-corrected chi connectivity index (χ2v) is 9.72. The summed E-state index contributed by atoms with van der Waals surface area (Å²) in [5, 5.41) is 5.14. The van der Waals surface area contributed by atoms with Gasteiger partial charge >= 0.3 is 0 Å². The predicted molar refractivity (Wildman–Crippen MR) is 143 cm³/mol. The average Bonchev–Trinajstić information content (AvgIpc) is 3.38. The molecule has 1 atom stereocenters. The number of nitrogens with one attached hydrogen (secondary N) is 1. The molecule has 0 saturated carbocycles. The fraction of sp³-hybridized carbons (Fsp3) is 0.423. The number of hydrogen-bond acceptors (Lipinski definition) is 8. The number of alkyl halides is 1. The highest BCUT2D eigenvalue weighted by molar-refractivity contribution is 7.10. The predicted octanol–water partition coefficient (Wildman–Crippen LogP) is 4.48. The molecule has 1 aromatic carbocycles. The normalized spacial score (nSPS) is 14.5. The van der Waals surface area contributed by atoms with Crippen LogP contribution in [0.4, 0.5) is 21.8 Å². The van der Waals surface area contributed by atoms with Gasteiger partial charge in [0.1, 0.15) is 29.9 Å². The Labute approximate surface area is 215 Å². The number of thiophene rings is 1. The third kappa shape index (κ3) is 6.11. The number of fused-ring (bicyclic) bond motifs is 1. The Morgan fingerprint density at radius 2 is 2.11 bits per heavy atom. The van der Waals surface area contributed by atoms with E-state index >= 15 is 0 Å². The summed E-state index contributed by atoms with van der Waals surface area (Å²) in [7, 11) is 3.85. The number of ether oxygens (including phenoxy) is 1. The zero-order valence-electron chi connectivity index (χ0n) is 21.0. The monoisotopic (exact) mass is 512 g/mol. The Balaban J connectivity index is 1.55. The summed E-state index contributed by atoms with van der Waals surface area (Å²) < 4.78 is 19.2. The minimum Gasteiger partial charge on any atom is -0.485 e. The Morgan fingerprint density at radius 3 is 2.86 bits per heavy atom. The average molecular weight is 513 g/mol. The maximum absolute atomic E-state index is 13.5. The van der Waals surface area contributed by atoms with E-state index in [1.807, 2.05) is 66.5 Å². The van der Waals surface area contributed by atoms with E-state index in [1.54, 1.807) is 22.4 Å². The summed E-state index contributed by atoms with van der Waals surface area (Å²) in [5.41, 5.74) is 1.23. The first-order valence-corrected chi connectivity index (χ1v) is 13.1. The van der Waals surface area contributed by atoms with Crippen LogP contribution in [0.15, 0.2) is 48.0 Å². The summed E-state index contributed by atoms with van der Waals surface area (Å²) in [6.45, 7) is 4.57. The third-order valence-electron chi connectivity index (χ3n) is 6.11. The number of rotatable bonds is 11. The van der Waals surface area contributed by atoms with Crippen molar-refractivity contribution in [3.05, 3.63) is 58.4 Å². The summed E-state index contributed by atoms with van der Waals surface area (Å²) in [6.07, 6.45) is 2.17. The Bertz CT molecular complexity index is 1150. The van der Waals surface area contributed by atoms with Crippen LogP contribution in [0.1, 0.15) is 34.7 Å². The van der Waals surface area contributed by atoms with Gasteiger partial charge in [0.25, 0.3) is 5.91 Å². The second kappa shape index (κ2) is 12.1. The lowest BCUT2D eigenvalue weighted by Gasteiger charge is -2.24. The minimum absolute atomic E-state index is 0.141. The van der Waals surface area contributed by atoms with Crippen molar-refractivity contribution in [1.82, 2.24) is 14.9 Å². The summed E-state index contributed by atoms with van der Waals surface area (Å²) in [6, 6.07) is 11.7. The Morgan fingerprint density at radius 1 is 1.25 bits per heavy atom. The van der Waals surface area contributed by atoms with E-state index in [2.05, 4.69) is 21.4 Å². The lowest BCUT2D eigenvalue weighted by atomic mass is 10.2. The van der Waals surface area contributed by atoms with Gasteiger partial charge in [0.2, 0.25) is 5.95 Å². The molecule has 192 valence electrons. The fourth-order valence-electron chi connectivity index (χ4n) is 4.12. The van der Waals surface area contributed by atoms with Crippen molar-refractivity contribution in [3.63, 3.8) is 0 Å². The molecule has 3 aromatic rings. The van der Waals surface area contributed by atoms with Gasteiger partial charge in [0, 0.05) is 69.0 Å². The van der Waals surface area contributed by atoms with Crippen molar-refractivity contribution in [2.24, 2.45) is 0 Å². The van der Waals surface area contributed by atoms with E-state index in [9.17, 15) is 9.18 Å². The van der Waals surface area contributed by atoms with Crippen LogP contribution >= 0.6 is 11.3 Å². The minimum atomic E-state index is -0.368. The van der Waals surface area contributed by atoms with Gasteiger partial charge in [-0.1, -0.05) is 12.1 Å². The smallest absolute Gasteiger partial charge is 0.263 e. The number of benzene rings is 1. The van der Waals surface area contributed by atoms with Crippen LogP contribution in [0.25, 0.3) is 0 Å². The number of hydrogen-bond donors (Lipinski definition) is 1. The lowest BCUT2D eigenvalue weighted by molar-refractivity contribution is 0.0989. The van der Waals surface area contributed by atoms with Gasteiger partial charge < -0.3 is 24.8 Å². The molecule has 2 aromatic heterocycles. The molecule has 0 spiro atoms.